The first kappa shape index (κ1) is 10.9. The van der Waals surface area contributed by atoms with Crippen molar-refractivity contribution < 1.29 is 4.79 Å². The second-order valence-electron chi connectivity index (χ2n) is 4.59. The Labute approximate surface area is 104 Å². The molecule has 0 radical (unpaired) electrons. The highest BCUT2D eigenvalue weighted by atomic mass is 16.1. The van der Waals surface area contributed by atoms with Crippen LogP contribution >= 0.6 is 0 Å². The van der Waals surface area contributed by atoms with Crippen molar-refractivity contribution in [2.45, 2.75) is 18.9 Å². The van der Waals surface area contributed by atoms with Crippen LogP contribution in [0.3, 0.4) is 0 Å². The van der Waals surface area contributed by atoms with Crippen molar-refractivity contribution in [2.75, 3.05) is 17.2 Å². The number of aromatic amines is 1. The highest BCUT2D eigenvalue weighted by Gasteiger charge is 2.30. The zero-order chi connectivity index (χ0) is 12.7. The van der Waals surface area contributed by atoms with E-state index in [0.717, 1.165) is 30.4 Å². The average molecular weight is 245 g/mol. The van der Waals surface area contributed by atoms with Crippen LogP contribution < -0.4 is 16.4 Å². The minimum absolute atomic E-state index is 0.261. The summed E-state index contributed by atoms with van der Waals surface area (Å²) >= 11 is 0. The van der Waals surface area contributed by atoms with Gasteiger partial charge in [0.15, 0.2) is 0 Å². The first-order valence-electron chi connectivity index (χ1n) is 5.96. The number of hydrogen-bond acceptors (Lipinski definition) is 4. The van der Waals surface area contributed by atoms with Gasteiger partial charge in [0.1, 0.15) is 6.04 Å². The van der Waals surface area contributed by atoms with Crippen molar-refractivity contribution in [3.63, 3.8) is 0 Å². The summed E-state index contributed by atoms with van der Waals surface area (Å²) in [6, 6.07) is 5.24. The van der Waals surface area contributed by atoms with Crippen LogP contribution in [0.15, 0.2) is 18.2 Å². The minimum Gasteiger partial charge on any atom is -0.399 e. The summed E-state index contributed by atoms with van der Waals surface area (Å²) in [5.74, 6) is 0.393. The Morgan fingerprint density at radius 3 is 3.11 bits per heavy atom. The number of carbonyl (C=O) groups is 1. The molecule has 1 amide bonds. The summed E-state index contributed by atoms with van der Waals surface area (Å²) in [5.41, 5.74) is 13.5. The van der Waals surface area contributed by atoms with Gasteiger partial charge in [-0.15, -0.1) is 0 Å². The van der Waals surface area contributed by atoms with E-state index in [1.165, 1.54) is 0 Å². The lowest BCUT2D eigenvalue weighted by atomic mass is 10.2. The maximum Gasteiger partial charge on any atom is 0.240 e. The quantitative estimate of drug-likeness (QED) is 0.674. The van der Waals surface area contributed by atoms with Crippen molar-refractivity contribution in [2.24, 2.45) is 5.73 Å². The number of nitrogens with one attached hydrogen (secondary N) is 1. The van der Waals surface area contributed by atoms with Crippen molar-refractivity contribution in [1.82, 2.24) is 9.97 Å². The van der Waals surface area contributed by atoms with Crippen LogP contribution in [0.2, 0.25) is 0 Å². The molecular weight excluding hydrogens is 230 g/mol. The number of rotatable bonds is 2. The molecule has 1 aromatic heterocycles. The molecule has 0 spiro atoms. The Morgan fingerprint density at radius 1 is 1.50 bits per heavy atom. The fourth-order valence-corrected chi connectivity index (χ4v) is 2.47. The second-order valence-corrected chi connectivity index (χ2v) is 4.59. The van der Waals surface area contributed by atoms with Gasteiger partial charge in [-0.1, -0.05) is 0 Å². The van der Waals surface area contributed by atoms with E-state index in [4.69, 9.17) is 11.5 Å². The van der Waals surface area contributed by atoms with E-state index in [1.807, 2.05) is 23.1 Å². The number of imidazole rings is 1. The van der Waals surface area contributed by atoms with Gasteiger partial charge in [-0.05, 0) is 31.0 Å². The van der Waals surface area contributed by atoms with Gasteiger partial charge < -0.3 is 21.4 Å². The molecule has 5 N–H and O–H groups in total. The molecule has 1 atom stereocenters. The molecule has 2 aromatic rings. The van der Waals surface area contributed by atoms with Gasteiger partial charge in [-0.3, -0.25) is 4.79 Å². The molecule has 94 valence electrons. The number of primary amides is 1. The van der Waals surface area contributed by atoms with Gasteiger partial charge >= 0.3 is 0 Å². The van der Waals surface area contributed by atoms with Crippen molar-refractivity contribution >= 4 is 28.6 Å². The number of nitrogen functional groups attached to an aromatic ring is 1. The Balaban J connectivity index is 2.01. The molecule has 18 heavy (non-hydrogen) atoms. The number of nitrogens with zero attached hydrogens (tertiary/aromatic N) is 2. The zero-order valence-corrected chi connectivity index (χ0v) is 9.89. The predicted molar refractivity (Wildman–Crippen MR) is 70.1 cm³/mol. The molecule has 0 aliphatic carbocycles. The summed E-state index contributed by atoms with van der Waals surface area (Å²) in [6.45, 7) is 0.795. The number of H-pyrrole nitrogens is 1. The lowest BCUT2D eigenvalue weighted by Crippen LogP contribution is -2.40. The molecule has 3 rings (SSSR count). The minimum atomic E-state index is -0.299. The summed E-state index contributed by atoms with van der Waals surface area (Å²) in [4.78, 5) is 21.0. The first-order valence-corrected chi connectivity index (χ1v) is 5.96. The summed E-state index contributed by atoms with van der Waals surface area (Å²) in [6.07, 6.45) is 1.74. The van der Waals surface area contributed by atoms with Gasteiger partial charge in [0.05, 0.1) is 11.0 Å². The van der Waals surface area contributed by atoms with Gasteiger partial charge in [0, 0.05) is 12.2 Å². The molecule has 1 saturated heterocycles. The zero-order valence-electron chi connectivity index (χ0n) is 9.89. The summed E-state index contributed by atoms with van der Waals surface area (Å²) in [7, 11) is 0. The number of benzene rings is 1. The molecule has 1 aliphatic rings. The van der Waals surface area contributed by atoms with E-state index >= 15 is 0 Å². The van der Waals surface area contributed by atoms with E-state index in [9.17, 15) is 4.79 Å². The monoisotopic (exact) mass is 245 g/mol. The Morgan fingerprint density at radius 2 is 2.33 bits per heavy atom. The normalized spacial score (nSPS) is 19.6. The standard InChI is InChI=1S/C12H15N5O/c13-7-3-4-8-9(6-7)16-12(15-8)17-5-1-2-10(17)11(14)18/h3-4,6,10H,1-2,5,13H2,(H2,14,18)(H,15,16). The third-order valence-electron chi connectivity index (χ3n) is 3.35. The van der Waals surface area contributed by atoms with Crippen molar-refractivity contribution in [3.05, 3.63) is 18.2 Å². The van der Waals surface area contributed by atoms with Gasteiger partial charge in [0.25, 0.3) is 0 Å². The van der Waals surface area contributed by atoms with Crippen LogP contribution in [-0.2, 0) is 4.79 Å². The van der Waals surface area contributed by atoms with E-state index in [2.05, 4.69) is 9.97 Å². The van der Waals surface area contributed by atoms with Crippen LogP contribution in [0.4, 0.5) is 11.6 Å². The number of aromatic nitrogens is 2. The van der Waals surface area contributed by atoms with Crippen LogP contribution in [0.5, 0.6) is 0 Å². The topological polar surface area (TPSA) is 101 Å². The third kappa shape index (κ3) is 1.66. The Hall–Kier alpha value is -2.24. The van der Waals surface area contributed by atoms with E-state index in [0.29, 0.717) is 11.6 Å². The van der Waals surface area contributed by atoms with Gasteiger partial charge in [-0.25, -0.2) is 4.98 Å². The van der Waals surface area contributed by atoms with Crippen LogP contribution in [0.1, 0.15) is 12.8 Å². The highest BCUT2D eigenvalue weighted by Crippen LogP contribution is 2.26. The molecule has 0 bridgehead atoms. The fourth-order valence-electron chi connectivity index (χ4n) is 2.47. The molecule has 0 saturated carbocycles. The second kappa shape index (κ2) is 3.90. The average Bonchev–Trinajstić information content (AvgIpc) is 2.93. The van der Waals surface area contributed by atoms with Crippen LogP contribution in [0, 0.1) is 0 Å². The Kier molecular flexibility index (Phi) is 2.36. The van der Waals surface area contributed by atoms with Gasteiger partial charge in [-0.2, -0.15) is 0 Å². The predicted octanol–water partition coefficient (Wildman–Crippen LogP) is 0.599. The van der Waals surface area contributed by atoms with E-state index in [1.54, 1.807) is 0 Å². The molecule has 6 nitrogen and oxygen atoms in total. The molecule has 1 fully saturated rings. The van der Waals surface area contributed by atoms with Crippen molar-refractivity contribution in [1.29, 1.82) is 0 Å². The lowest BCUT2D eigenvalue weighted by molar-refractivity contribution is -0.119. The number of amides is 1. The number of hydrogen-bond donors (Lipinski definition) is 3. The molecule has 6 heteroatoms. The van der Waals surface area contributed by atoms with E-state index in [-0.39, 0.29) is 11.9 Å². The Bertz CT molecular complexity index is 606. The molecular formula is C12H15N5O. The molecule has 1 unspecified atom stereocenters. The fraction of sp³-hybridized carbons (Fsp3) is 0.333. The molecule has 2 heterocycles. The summed E-state index contributed by atoms with van der Waals surface area (Å²) < 4.78 is 0. The lowest BCUT2D eigenvalue weighted by Gasteiger charge is -2.20. The third-order valence-corrected chi connectivity index (χ3v) is 3.35. The largest absolute Gasteiger partial charge is 0.399 e. The maximum atomic E-state index is 11.4. The highest BCUT2D eigenvalue weighted by molar-refractivity contribution is 5.85. The number of fused-ring (bicyclic) bond motifs is 1. The SMILES string of the molecule is NC(=O)C1CCCN1c1nc2ccc(N)cc2[nH]1. The van der Waals surface area contributed by atoms with Crippen LogP contribution in [0.25, 0.3) is 11.0 Å². The van der Waals surface area contributed by atoms with Crippen LogP contribution in [-0.4, -0.2) is 28.5 Å². The number of carbonyl (C=O) groups excluding carboxylic acids is 1. The number of anilines is 2. The molecule has 1 aromatic carbocycles. The number of nitrogens with two attached hydrogens (primary N) is 2. The maximum absolute atomic E-state index is 11.4. The summed E-state index contributed by atoms with van der Waals surface area (Å²) in [5, 5.41) is 0. The molecule has 1 aliphatic heterocycles. The first-order chi connectivity index (χ1) is 8.65. The van der Waals surface area contributed by atoms with Crippen molar-refractivity contribution in [3.8, 4) is 0 Å². The van der Waals surface area contributed by atoms with Gasteiger partial charge in [0.2, 0.25) is 11.9 Å². The van der Waals surface area contributed by atoms with E-state index < -0.39 is 0 Å². The smallest absolute Gasteiger partial charge is 0.240 e.